The second kappa shape index (κ2) is 5.79. The Labute approximate surface area is 108 Å². The summed E-state index contributed by atoms with van der Waals surface area (Å²) >= 11 is 0. The maximum Gasteiger partial charge on any atom is 0.128 e. The summed E-state index contributed by atoms with van der Waals surface area (Å²) in [5.41, 5.74) is 0.782. The lowest BCUT2D eigenvalue weighted by atomic mass is 9.83. The molecule has 0 aromatic heterocycles. The fraction of sp³-hybridized carbons (Fsp3) is 0.600. The van der Waals surface area contributed by atoms with E-state index in [1.54, 1.807) is 6.92 Å². The molecule has 1 aromatic rings. The third kappa shape index (κ3) is 3.08. The van der Waals surface area contributed by atoms with Gasteiger partial charge in [0.05, 0.1) is 0 Å². The lowest BCUT2D eigenvalue weighted by molar-refractivity contribution is 0.288. The first kappa shape index (κ1) is 13.5. The summed E-state index contributed by atoms with van der Waals surface area (Å²) in [6.07, 6.45) is 5.13. The number of halogens is 2. The molecular weight excluding hydrogens is 232 g/mol. The predicted octanol–water partition coefficient (Wildman–Crippen LogP) is 4.11. The van der Waals surface area contributed by atoms with E-state index in [0.717, 1.165) is 18.9 Å². The molecular formula is C15H21F2N. The number of nitrogens with one attached hydrogen (secondary N) is 1. The SMILES string of the molecule is Cc1cc(F)c(C(C)NCCC2CCC2)cc1F. The molecule has 1 nitrogen and oxygen atoms in total. The number of rotatable bonds is 5. The van der Waals surface area contributed by atoms with Gasteiger partial charge in [-0.15, -0.1) is 0 Å². The first-order valence-electron chi connectivity index (χ1n) is 6.77. The van der Waals surface area contributed by atoms with Crippen LogP contribution in [0.15, 0.2) is 12.1 Å². The summed E-state index contributed by atoms with van der Waals surface area (Å²) in [4.78, 5) is 0. The second-order valence-corrected chi connectivity index (χ2v) is 5.38. The number of hydrogen-bond donors (Lipinski definition) is 1. The monoisotopic (exact) mass is 253 g/mol. The van der Waals surface area contributed by atoms with Crippen LogP contribution >= 0.6 is 0 Å². The van der Waals surface area contributed by atoms with E-state index >= 15 is 0 Å². The summed E-state index contributed by atoms with van der Waals surface area (Å²) in [6, 6.07) is 2.45. The Balaban J connectivity index is 1.90. The van der Waals surface area contributed by atoms with Crippen LogP contribution in [0.5, 0.6) is 0 Å². The van der Waals surface area contributed by atoms with Crippen molar-refractivity contribution in [3.63, 3.8) is 0 Å². The molecule has 0 spiro atoms. The highest BCUT2D eigenvalue weighted by Crippen LogP contribution is 2.29. The van der Waals surface area contributed by atoms with Gasteiger partial charge in [-0.3, -0.25) is 0 Å². The first-order chi connectivity index (χ1) is 8.58. The zero-order valence-electron chi connectivity index (χ0n) is 11.1. The average Bonchev–Trinajstić information content (AvgIpc) is 2.26. The van der Waals surface area contributed by atoms with Crippen molar-refractivity contribution in [1.29, 1.82) is 0 Å². The molecule has 100 valence electrons. The second-order valence-electron chi connectivity index (χ2n) is 5.38. The van der Waals surface area contributed by atoms with Crippen molar-refractivity contribution in [3.8, 4) is 0 Å². The van der Waals surface area contributed by atoms with Gasteiger partial charge in [-0.05, 0) is 50.4 Å². The normalized spacial score (nSPS) is 17.6. The van der Waals surface area contributed by atoms with Gasteiger partial charge in [0.1, 0.15) is 11.6 Å². The molecule has 1 fully saturated rings. The molecule has 0 aliphatic heterocycles. The molecule has 0 amide bonds. The highest BCUT2D eigenvalue weighted by atomic mass is 19.1. The van der Waals surface area contributed by atoms with Crippen LogP contribution in [-0.4, -0.2) is 6.54 Å². The van der Waals surface area contributed by atoms with Gasteiger partial charge in [0.2, 0.25) is 0 Å². The summed E-state index contributed by atoms with van der Waals surface area (Å²) in [5, 5.41) is 3.28. The van der Waals surface area contributed by atoms with Crippen LogP contribution in [0.1, 0.15) is 49.8 Å². The molecule has 1 unspecified atom stereocenters. The molecule has 0 bridgehead atoms. The summed E-state index contributed by atoms with van der Waals surface area (Å²) in [6.45, 7) is 4.34. The van der Waals surface area contributed by atoms with E-state index in [2.05, 4.69) is 5.32 Å². The smallest absolute Gasteiger partial charge is 0.128 e. The Morgan fingerprint density at radius 3 is 2.61 bits per heavy atom. The molecule has 3 heteroatoms. The van der Waals surface area contributed by atoms with E-state index in [0.29, 0.717) is 11.1 Å². The molecule has 1 N–H and O–H groups in total. The molecule has 1 atom stereocenters. The quantitative estimate of drug-likeness (QED) is 0.832. The van der Waals surface area contributed by atoms with Crippen molar-refractivity contribution >= 4 is 0 Å². The van der Waals surface area contributed by atoms with Crippen LogP contribution < -0.4 is 5.32 Å². The van der Waals surface area contributed by atoms with Crippen molar-refractivity contribution in [2.45, 2.75) is 45.6 Å². The minimum Gasteiger partial charge on any atom is -0.310 e. The molecule has 1 aliphatic carbocycles. The van der Waals surface area contributed by atoms with Gasteiger partial charge in [-0.2, -0.15) is 0 Å². The van der Waals surface area contributed by atoms with Gasteiger partial charge < -0.3 is 5.32 Å². The maximum atomic E-state index is 13.7. The van der Waals surface area contributed by atoms with Crippen molar-refractivity contribution in [2.75, 3.05) is 6.54 Å². The van der Waals surface area contributed by atoms with Crippen molar-refractivity contribution in [3.05, 3.63) is 34.9 Å². The highest BCUT2D eigenvalue weighted by Gasteiger charge is 2.18. The summed E-state index contributed by atoms with van der Waals surface area (Å²) < 4.78 is 27.2. The van der Waals surface area contributed by atoms with E-state index in [-0.39, 0.29) is 17.7 Å². The Morgan fingerprint density at radius 2 is 2.00 bits per heavy atom. The fourth-order valence-electron chi connectivity index (χ4n) is 2.39. The van der Waals surface area contributed by atoms with Gasteiger partial charge in [0, 0.05) is 11.6 Å². The van der Waals surface area contributed by atoms with Gasteiger partial charge in [0.15, 0.2) is 0 Å². The van der Waals surface area contributed by atoms with Crippen LogP contribution in [0.2, 0.25) is 0 Å². The van der Waals surface area contributed by atoms with Crippen LogP contribution in [0.3, 0.4) is 0 Å². The van der Waals surface area contributed by atoms with Gasteiger partial charge >= 0.3 is 0 Å². The minimum atomic E-state index is -0.334. The number of hydrogen-bond acceptors (Lipinski definition) is 1. The Kier molecular flexibility index (Phi) is 4.33. The van der Waals surface area contributed by atoms with Crippen LogP contribution in [-0.2, 0) is 0 Å². The third-order valence-corrected chi connectivity index (χ3v) is 3.97. The van der Waals surface area contributed by atoms with E-state index < -0.39 is 0 Å². The van der Waals surface area contributed by atoms with E-state index in [4.69, 9.17) is 0 Å². The first-order valence-corrected chi connectivity index (χ1v) is 6.77. The molecule has 1 aliphatic rings. The Hall–Kier alpha value is -0.960. The lowest BCUT2D eigenvalue weighted by Crippen LogP contribution is -2.24. The minimum absolute atomic E-state index is 0.139. The lowest BCUT2D eigenvalue weighted by Gasteiger charge is -2.26. The van der Waals surface area contributed by atoms with Crippen molar-refractivity contribution in [1.82, 2.24) is 5.32 Å². The summed E-state index contributed by atoms with van der Waals surface area (Å²) in [7, 11) is 0. The summed E-state index contributed by atoms with van der Waals surface area (Å²) in [5.74, 6) is 0.181. The molecule has 0 radical (unpaired) electrons. The van der Waals surface area contributed by atoms with E-state index in [1.807, 2.05) is 6.92 Å². The van der Waals surface area contributed by atoms with Gasteiger partial charge in [-0.1, -0.05) is 19.3 Å². The average molecular weight is 253 g/mol. The predicted molar refractivity (Wildman–Crippen MR) is 69.5 cm³/mol. The molecule has 0 heterocycles. The zero-order chi connectivity index (χ0) is 13.1. The van der Waals surface area contributed by atoms with Crippen molar-refractivity contribution < 1.29 is 8.78 Å². The molecule has 0 saturated heterocycles. The third-order valence-electron chi connectivity index (χ3n) is 3.97. The van der Waals surface area contributed by atoms with Crippen LogP contribution in [0.4, 0.5) is 8.78 Å². The molecule has 18 heavy (non-hydrogen) atoms. The maximum absolute atomic E-state index is 13.7. The Bertz CT molecular complexity index is 413. The van der Waals surface area contributed by atoms with Crippen LogP contribution in [0.25, 0.3) is 0 Å². The van der Waals surface area contributed by atoms with E-state index in [1.165, 1.54) is 31.4 Å². The van der Waals surface area contributed by atoms with Gasteiger partial charge in [0.25, 0.3) is 0 Å². The van der Waals surface area contributed by atoms with E-state index in [9.17, 15) is 8.78 Å². The number of aryl methyl sites for hydroxylation is 1. The molecule has 1 aromatic carbocycles. The molecule has 2 rings (SSSR count). The highest BCUT2D eigenvalue weighted by molar-refractivity contribution is 5.27. The van der Waals surface area contributed by atoms with Crippen molar-refractivity contribution in [2.24, 2.45) is 5.92 Å². The van der Waals surface area contributed by atoms with Crippen LogP contribution in [0, 0.1) is 24.5 Å². The number of benzene rings is 1. The zero-order valence-corrected chi connectivity index (χ0v) is 11.1. The fourth-order valence-corrected chi connectivity index (χ4v) is 2.39. The largest absolute Gasteiger partial charge is 0.310 e. The Morgan fingerprint density at radius 1 is 1.28 bits per heavy atom. The standard InChI is InChI=1S/C15H21F2N/c1-10-8-15(17)13(9-14(10)16)11(2)18-7-6-12-4-3-5-12/h8-9,11-12,18H,3-7H2,1-2H3. The topological polar surface area (TPSA) is 12.0 Å². The van der Waals surface area contributed by atoms with Gasteiger partial charge in [-0.25, -0.2) is 8.78 Å². The molecule has 1 saturated carbocycles.